The zero-order chi connectivity index (χ0) is 15.2. The van der Waals surface area contributed by atoms with Gasteiger partial charge in [-0.05, 0) is 24.1 Å². The van der Waals surface area contributed by atoms with Crippen LogP contribution < -0.4 is 10.6 Å². The summed E-state index contributed by atoms with van der Waals surface area (Å²) in [5, 5.41) is 5.72. The normalized spacial score (nSPS) is 10.5. The Morgan fingerprint density at radius 1 is 1.05 bits per heavy atom. The first-order valence-corrected chi connectivity index (χ1v) is 7.47. The Morgan fingerprint density at radius 3 is 2.29 bits per heavy atom. The van der Waals surface area contributed by atoms with Gasteiger partial charge >= 0.3 is 0 Å². The van der Waals surface area contributed by atoms with Crippen molar-refractivity contribution >= 4 is 27.6 Å². The average molecular weight is 356 g/mol. The molecule has 0 aliphatic rings. The van der Waals surface area contributed by atoms with Crippen molar-refractivity contribution in [2.24, 2.45) is 0 Å². The summed E-state index contributed by atoms with van der Waals surface area (Å²) in [5.74, 6) is -1.28. The summed E-state index contributed by atoms with van der Waals surface area (Å²) in [6.07, 6.45) is 0.833. The van der Waals surface area contributed by atoms with Crippen LogP contribution >= 0.6 is 15.9 Å². The fraction of sp³-hybridized carbons (Fsp3) is 0.267. The second-order valence-corrected chi connectivity index (χ2v) is 5.47. The molecule has 0 amide bonds. The molecular weight excluding hydrogens is 340 g/mol. The molecule has 0 bridgehead atoms. The summed E-state index contributed by atoms with van der Waals surface area (Å²) >= 11 is 3.35. The van der Waals surface area contributed by atoms with Crippen LogP contribution in [0, 0.1) is 11.6 Å². The Labute approximate surface area is 130 Å². The molecule has 1 heterocycles. The van der Waals surface area contributed by atoms with Crippen LogP contribution in [0.5, 0.6) is 0 Å². The molecule has 0 aliphatic carbocycles. The third-order valence-electron chi connectivity index (χ3n) is 2.85. The van der Waals surface area contributed by atoms with E-state index in [1.54, 1.807) is 0 Å². The molecule has 0 unspecified atom stereocenters. The van der Waals surface area contributed by atoms with Gasteiger partial charge < -0.3 is 10.6 Å². The van der Waals surface area contributed by atoms with E-state index in [1.807, 2.05) is 31.2 Å². The van der Waals surface area contributed by atoms with Crippen LogP contribution in [0.15, 0.2) is 34.8 Å². The molecule has 0 aliphatic heterocycles. The van der Waals surface area contributed by atoms with Crippen molar-refractivity contribution in [1.82, 2.24) is 4.98 Å². The van der Waals surface area contributed by atoms with Gasteiger partial charge in [-0.2, -0.15) is 0 Å². The lowest BCUT2D eigenvalue weighted by atomic mass is 10.2. The maximum atomic E-state index is 13.7. The second kappa shape index (κ2) is 7.36. The predicted molar refractivity (Wildman–Crippen MR) is 84.4 cm³/mol. The Hall–Kier alpha value is -1.69. The van der Waals surface area contributed by atoms with Gasteiger partial charge in [0.15, 0.2) is 23.3 Å². The van der Waals surface area contributed by atoms with Crippen LogP contribution in [-0.2, 0) is 6.54 Å². The molecule has 3 nitrogen and oxygen atoms in total. The van der Waals surface area contributed by atoms with Gasteiger partial charge in [0.1, 0.15) is 0 Å². The first-order chi connectivity index (χ1) is 10.1. The van der Waals surface area contributed by atoms with Crippen LogP contribution in [0.2, 0.25) is 0 Å². The van der Waals surface area contributed by atoms with Crippen molar-refractivity contribution < 1.29 is 8.78 Å². The van der Waals surface area contributed by atoms with E-state index in [4.69, 9.17) is 0 Å². The van der Waals surface area contributed by atoms with E-state index in [0.717, 1.165) is 22.5 Å². The van der Waals surface area contributed by atoms with Gasteiger partial charge in [0.2, 0.25) is 0 Å². The summed E-state index contributed by atoms with van der Waals surface area (Å²) in [5.41, 5.74) is 0.979. The Bertz CT molecular complexity index is 603. The van der Waals surface area contributed by atoms with Crippen molar-refractivity contribution in [3.8, 4) is 0 Å². The maximum absolute atomic E-state index is 13.7. The summed E-state index contributed by atoms with van der Waals surface area (Å²) in [7, 11) is 0. The van der Waals surface area contributed by atoms with Crippen LogP contribution in [0.25, 0.3) is 0 Å². The number of anilines is 2. The predicted octanol–water partition coefficient (Wildman–Crippen LogP) is 4.56. The van der Waals surface area contributed by atoms with Crippen molar-refractivity contribution in [2.75, 3.05) is 17.2 Å². The Balaban J connectivity index is 2.09. The highest BCUT2D eigenvalue weighted by atomic mass is 79.9. The lowest BCUT2D eigenvalue weighted by Crippen LogP contribution is -2.09. The second-order valence-electron chi connectivity index (χ2n) is 4.56. The van der Waals surface area contributed by atoms with E-state index >= 15 is 0 Å². The fourth-order valence-corrected chi connectivity index (χ4v) is 2.01. The summed E-state index contributed by atoms with van der Waals surface area (Å²) in [6.45, 7) is 2.96. The smallest absolute Gasteiger partial charge is 0.168 e. The molecule has 0 atom stereocenters. The van der Waals surface area contributed by atoms with E-state index in [-0.39, 0.29) is 11.6 Å². The van der Waals surface area contributed by atoms with Crippen molar-refractivity contribution in [3.05, 3.63) is 52.0 Å². The van der Waals surface area contributed by atoms with E-state index in [0.29, 0.717) is 13.1 Å². The molecule has 2 aromatic rings. The fourth-order valence-electron chi connectivity index (χ4n) is 1.75. The van der Waals surface area contributed by atoms with Crippen molar-refractivity contribution in [2.45, 2.75) is 19.9 Å². The molecule has 1 aromatic carbocycles. The molecule has 0 saturated carbocycles. The highest BCUT2D eigenvalue weighted by molar-refractivity contribution is 9.10. The minimum atomic E-state index is -0.702. The lowest BCUT2D eigenvalue weighted by molar-refractivity contribution is 0.577. The topological polar surface area (TPSA) is 37.0 Å². The largest absolute Gasteiger partial charge is 0.368 e. The molecule has 0 fully saturated rings. The first-order valence-electron chi connectivity index (χ1n) is 6.68. The van der Waals surface area contributed by atoms with E-state index in [1.165, 1.54) is 0 Å². The number of nitrogens with one attached hydrogen (secondary N) is 2. The quantitative estimate of drug-likeness (QED) is 0.797. The molecular formula is C15H16BrF2N3. The lowest BCUT2D eigenvalue weighted by Gasteiger charge is -2.11. The van der Waals surface area contributed by atoms with Gasteiger partial charge in [-0.1, -0.05) is 35.0 Å². The third kappa shape index (κ3) is 4.39. The molecule has 21 heavy (non-hydrogen) atoms. The minimum Gasteiger partial charge on any atom is -0.368 e. The number of aromatic nitrogens is 1. The highest BCUT2D eigenvalue weighted by Gasteiger charge is 2.11. The molecule has 0 saturated heterocycles. The van der Waals surface area contributed by atoms with Gasteiger partial charge in [-0.25, -0.2) is 13.8 Å². The van der Waals surface area contributed by atoms with Crippen molar-refractivity contribution in [3.63, 3.8) is 0 Å². The standard InChI is InChI=1S/C15H16BrF2N3/c1-2-7-19-14-12(17)8-13(18)15(21-14)20-9-10-3-5-11(16)6-4-10/h3-6,8H,2,7,9H2,1H3,(H2,19,20,21). The number of halogens is 3. The molecule has 112 valence electrons. The molecule has 0 spiro atoms. The van der Waals surface area contributed by atoms with Crippen LogP contribution in [-0.4, -0.2) is 11.5 Å². The SMILES string of the molecule is CCCNc1nc(NCc2ccc(Br)cc2)c(F)cc1F. The molecule has 1 aromatic heterocycles. The number of nitrogens with zero attached hydrogens (tertiary/aromatic N) is 1. The van der Waals surface area contributed by atoms with E-state index in [9.17, 15) is 8.78 Å². The van der Waals surface area contributed by atoms with Crippen molar-refractivity contribution in [1.29, 1.82) is 0 Å². The molecule has 2 rings (SSSR count). The van der Waals surface area contributed by atoms with Gasteiger partial charge in [0.25, 0.3) is 0 Å². The monoisotopic (exact) mass is 355 g/mol. The first kappa shape index (κ1) is 15.7. The van der Waals surface area contributed by atoms with E-state index < -0.39 is 11.6 Å². The maximum Gasteiger partial charge on any atom is 0.168 e. The van der Waals surface area contributed by atoms with Gasteiger partial charge in [-0.3, -0.25) is 0 Å². The number of rotatable bonds is 6. The van der Waals surface area contributed by atoms with Crippen LogP contribution in [0.3, 0.4) is 0 Å². The van der Waals surface area contributed by atoms with Gasteiger partial charge in [0.05, 0.1) is 0 Å². The van der Waals surface area contributed by atoms with Crippen LogP contribution in [0.1, 0.15) is 18.9 Å². The third-order valence-corrected chi connectivity index (χ3v) is 3.37. The highest BCUT2D eigenvalue weighted by Crippen LogP contribution is 2.20. The van der Waals surface area contributed by atoms with Gasteiger partial charge in [0, 0.05) is 23.6 Å². The summed E-state index contributed by atoms with van der Waals surface area (Å²) < 4.78 is 28.3. The number of benzene rings is 1. The number of hydrogen-bond donors (Lipinski definition) is 2. The zero-order valence-corrected chi connectivity index (χ0v) is 13.2. The molecule has 2 N–H and O–H groups in total. The average Bonchev–Trinajstić information content (AvgIpc) is 2.47. The minimum absolute atomic E-state index is 0.0397. The summed E-state index contributed by atoms with van der Waals surface area (Å²) in [6, 6.07) is 8.47. The molecule has 0 radical (unpaired) electrons. The summed E-state index contributed by atoms with van der Waals surface area (Å²) in [4.78, 5) is 3.96. The van der Waals surface area contributed by atoms with Crippen LogP contribution in [0.4, 0.5) is 20.4 Å². The van der Waals surface area contributed by atoms with Gasteiger partial charge in [-0.15, -0.1) is 0 Å². The Morgan fingerprint density at radius 2 is 1.67 bits per heavy atom. The molecule has 6 heteroatoms. The Kier molecular flexibility index (Phi) is 5.50. The number of hydrogen-bond acceptors (Lipinski definition) is 3. The van der Waals surface area contributed by atoms with E-state index in [2.05, 4.69) is 31.5 Å². The zero-order valence-electron chi connectivity index (χ0n) is 11.6. The number of pyridine rings is 1.